The molecule has 1 aromatic rings. The van der Waals surface area contributed by atoms with E-state index in [1.807, 2.05) is 26.0 Å². The summed E-state index contributed by atoms with van der Waals surface area (Å²) in [4.78, 5) is 12.1. The second-order valence-electron chi connectivity index (χ2n) is 4.20. The quantitative estimate of drug-likeness (QED) is 0.804. The lowest BCUT2D eigenvalue weighted by Gasteiger charge is -2.25. The molecule has 0 fully saturated rings. The lowest BCUT2D eigenvalue weighted by molar-refractivity contribution is -0.124. The third-order valence-corrected chi connectivity index (χ3v) is 3.94. The van der Waals surface area contributed by atoms with Gasteiger partial charge in [0.25, 0.3) is 0 Å². The van der Waals surface area contributed by atoms with Gasteiger partial charge in [-0.2, -0.15) is 0 Å². The van der Waals surface area contributed by atoms with Crippen molar-refractivity contribution in [3.05, 3.63) is 26.8 Å². The minimum atomic E-state index is -0.549. The molecule has 5 heteroatoms. The Morgan fingerprint density at radius 1 is 1.59 bits per heavy atom. The van der Waals surface area contributed by atoms with E-state index in [0.717, 1.165) is 3.57 Å². The Morgan fingerprint density at radius 3 is 2.71 bits per heavy atom. The topological polar surface area (TPSA) is 55.1 Å². The number of rotatable bonds is 4. The fourth-order valence-electron chi connectivity index (χ4n) is 1.26. The number of benzene rings is 1. The Balaban J connectivity index is 2.88. The summed E-state index contributed by atoms with van der Waals surface area (Å²) < 4.78 is 1.03. The number of nitrogens with two attached hydrogens (primary N) is 1. The second-order valence-corrected chi connectivity index (χ2v) is 5.85. The summed E-state index contributed by atoms with van der Waals surface area (Å²) in [5.41, 5.74) is 5.72. The third kappa shape index (κ3) is 3.56. The van der Waals surface area contributed by atoms with Gasteiger partial charge < -0.3 is 11.1 Å². The van der Waals surface area contributed by atoms with Crippen molar-refractivity contribution >= 4 is 45.8 Å². The van der Waals surface area contributed by atoms with Crippen LogP contribution in [0.2, 0.25) is 5.02 Å². The number of carbonyl (C=O) groups excluding carboxylic acids is 1. The summed E-state index contributed by atoms with van der Waals surface area (Å²) >= 11 is 8.23. The van der Waals surface area contributed by atoms with Crippen molar-refractivity contribution in [2.75, 3.05) is 11.9 Å². The minimum Gasteiger partial charge on any atom is -0.329 e. The number of nitrogens with one attached hydrogen (secondary N) is 1. The van der Waals surface area contributed by atoms with Gasteiger partial charge in [0.15, 0.2) is 0 Å². The second kappa shape index (κ2) is 6.02. The van der Waals surface area contributed by atoms with E-state index in [4.69, 9.17) is 17.3 Å². The van der Waals surface area contributed by atoms with Crippen molar-refractivity contribution in [3.8, 4) is 0 Å². The van der Waals surface area contributed by atoms with E-state index >= 15 is 0 Å². The summed E-state index contributed by atoms with van der Waals surface area (Å²) in [6.07, 6.45) is 0.692. The molecule has 0 spiro atoms. The predicted octanol–water partition coefficient (Wildman–Crippen LogP) is 3.26. The first-order chi connectivity index (χ1) is 7.92. The van der Waals surface area contributed by atoms with E-state index < -0.39 is 5.41 Å². The molecule has 0 aromatic heterocycles. The van der Waals surface area contributed by atoms with Gasteiger partial charge in [-0.3, -0.25) is 4.79 Å². The number of halogens is 2. The van der Waals surface area contributed by atoms with E-state index in [1.165, 1.54) is 0 Å². The summed E-state index contributed by atoms with van der Waals surface area (Å²) in [5.74, 6) is -0.0920. The van der Waals surface area contributed by atoms with Gasteiger partial charge in [-0.25, -0.2) is 0 Å². The van der Waals surface area contributed by atoms with Crippen molar-refractivity contribution < 1.29 is 4.79 Å². The van der Waals surface area contributed by atoms with Gasteiger partial charge in [0.2, 0.25) is 5.91 Å². The molecule has 1 aromatic carbocycles. The van der Waals surface area contributed by atoms with Crippen LogP contribution >= 0.6 is 34.2 Å². The van der Waals surface area contributed by atoms with Crippen molar-refractivity contribution in [2.24, 2.45) is 11.1 Å². The molecule has 1 rings (SSSR count). The molecule has 3 nitrogen and oxygen atoms in total. The normalized spacial score (nSPS) is 14.2. The smallest absolute Gasteiger partial charge is 0.231 e. The summed E-state index contributed by atoms with van der Waals surface area (Å²) in [7, 11) is 0. The van der Waals surface area contributed by atoms with Gasteiger partial charge >= 0.3 is 0 Å². The zero-order valence-electron chi connectivity index (χ0n) is 9.89. The fourth-order valence-corrected chi connectivity index (χ4v) is 2.16. The van der Waals surface area contributed by atoms with Gasteiger partial charge in [0, 0.05) is 10.1 Å². The van der Waals surface area contributed by atoms with Crippen LogP contribution in [0.15, 0.2) is 18.2 Å². The lowest BCUT2D eigenvalue weighted by atomic mass is 9.86. The number of hydrogen-bond donors (Lipinski definition) is 2. The third-order valence-electron chi connectivity index (χ3n) is 2.96. The van der Waals surface area contributed by atoms with Crippen LogP contribution in [0.3, 0.4) is 0 Å². The molecule has 0 saturated carbocycles. The first kappa shape index (κ1) is 14.7. The molecule has 1 unspecified atom stereocenters. The van der Waals surface area contributed by atoms with E-state index in [2.05, 4.69) is 27.9 Å². The van der Waals surface area contributed by atoms with Crippen molar-refractivity contribution in [1.29, 1.82) is 0 Å². The van der Waals surface area contributed by atoms with Crippen LogP contribution in [0, 0.1) is 8.99 Å². The Bertz CT molecular complexity index is 419. The van der Waals surface area contributed by atoms with Crippen molar-refractivity contribution in [1.82, 2.24) is 0 Å². The number of amides is 1. The van der Waals surface area contributed by atoms with Gasteiger partial charge in [-0.05, 0) is 54.1 Å². The SMILES string of the molecule is CCC(C)(CN)C(=O)Nc1ccc(I)cc1Cl. The van der Waals surface area contributed by atoms with Gasteiger partial charge in [0.05, 0.1) is 16.1 Å². The maximum absolute atomic E-state index is 12.1. The van der Waals surface area contributed by atoms with E-state index in [1.54, 1.807) is 6.07 Å². The van der Waals surface area contributed by atoms with Gasteiger partial charge in [-0.15, -0.1) is 0 Å². The van der Waals surface area contributed by atoms with Crippen LogP contribution in [0.4, 0.5) is 5.69 Å². The molecule has 94 valence electrons. The molecular formula is C12H16ClIN2O. The molecule has 0 saturated heterocycles. The highest BCUT2D eigenvalue weighted by atomic mass is 127. The molecule has 0 heterocycles. The predicted molar refractivity (Wildman–Crippen MR) is 80.3 cm³/mol. The molecule has 17 heavy (non-hydrogen) atoms. The summed E-state index contributed by atoms with van der Waals surface area (Å²) in [6.45, 7) is 4.11. The summed E-state index contributed by atoms with van der Waals surface area (Å²) in [5, 5.41) is 3.37. The van der Waals surface area contributed by atoms with Crippen LogP contribution in [0.25, 0.3) is 0 Å². The first-order valence-electron chi connectivity index (χ1n) is 5.39. The molecule has 0 aliphatic rings. The highest BCUT2D eigenvalue weighted by Crippen LogP contribution is 2.27. The van der Waals surface area contributed by atoms with E-state index in [0.29, 0.717) is 23.7 Å². The van der Waals surface area contributed by atoms with Crippen molar-refractivity contribution in [3.63, 3.8) is 0 Å². The molecule has 0 aliphatic carbocycles. The van der Waals surface area contributed by atoms with Crippen LogP contribution in [-0.4, -0.2) is 12.5 Å². The molecular weight excluding hydrogens is 351 g/mol. The summed E-state index contributed by atoms with van der Waals surface area (Å²) in [6, 6.07) is 5.51. The Hall–Kier alpha value is -0.330. The fraction of sp³-hybridized carbons (Fsp3) is 0.417. The van der Waals surface area contributed by atoms with Crippen molar-refractivity contribution in [2.45, 2.75) is 20.3 Å². The highest BCUT2D eigenvalue weighted by Gasteiger charge is 2.29. The van der Waals surface area contributed by atoms with Crippen LogP contribution in [-0.2, 0) is 4.79 Å². The van der Waals surface area contributed by atoms with Crippen LogP contribution in [0.1, 0.15) is 20.3 Å². The van der Waals surface area contributed by atoms with E-state index in [9.17, 15) is 4.79 Å². The average molecular weight is 367 g/mol. The molecule has 1 atom stereocenters. The van der Waals surface area contributed by atoms with Crippen LogP contribution < -0.4 is 11.1 Å². The number of carbonyl (C=O) groups is 1. The molecule has 0 bridgehead atoms. The number of hydrogen-bond acceptors (Lipinski definition) is 2. The highest BCUT2D eigenvalue weighted by molar-refractivity contribution is 14.1. The Morgan fingerprint density at radius 2 is 2.24 bits per heavy atom. The first-order valence-corrected chi connectivity index (χ1v) is 6.85. The Kier molecular flexibility index (Phi) is 5.22. The molecule has 1 amide bonds. The van der Waals surface area contributed by atoms with Crippen LogP contribution in [0.5, 0.6) is 0 Å². The standard InChI is InChI=1S/C12H16ClIN2O/c1-3-12(2,7-15)11(17)16-10-5-4-8(14)6-9(10)13/h4-6H,3,7,15H2,1-2H3,(H,16,17). The van der Waals surface area contributed by atoms with E-state index in [-0.39, 0.29) is 5.91 Å². The maximum atomic E-state index is 12.1. The average Bonchev–Trinajstić information content (AvgIpc) is 2.31. The Labute approximate surface area is 120 Å². The number of anilines is 1. The zero-order chi connectivity index (χ0) is 13.1. The largest absolute Gasteiger partial charge is 0.329 e. The van der Waals surface area contributed by atoms with Gasteiger partial charge in [-0.1, -0.05) is 18.5 Å². The molecule has 0 aliphatic heterocycles. The monoisotopic (exact) mass is 366 g/mol. The zero-order valence-corrected chi connectivity index (χ0v) is 12.8. The lowest BCUT2D eigenvalue weighted by Crippen LogP contribution is -2.39. The van der Waals surface area contributed by atoms with Gasteiger partial charge in [0.1, 0.15) is 0 Å². The maximum Gasteiger partial charge on any atom is 0.231 e. The molecule has 0 radical (unpaired) electrons. The molecule has 3 N–H and O–H groups in total. The minimum absolute atomic E-state index is 0.0920.